The van der Waals surface area contributed by atoms with Crippen LogP contribution in [0.15, 0.2) is 18.2 Å². The highest BCUT2D eigenvalue weighted by Gasteiger charge is 2.38. The molecule has 2 rings (SSSR count). The fourth-order valence-corrected chi connectivity index (χ4v) is 2.50. The van der Waals surface area contributed by atoms with Gasteiger partial charge in [0.25, 0.3) is 0 Å². The highest BCUT2D eigenvalue weighted by Crippen LogP contribution is 2.40. The van der Waals surface area contributed by atoms with E-state index in [9.17, 15) is 4.79 Å². The van der Waals surface area contributed by atoms with Crippen LogP contribution in [0.1, 0.15) is 25.5 Å². The highest BCUT2D eigenvalue weighted by molar-refractivity contribution is 6.31. The molecule has 0 aromatic heterocycles. The maximum absolute atomic E-state index is 11.4. The quantitative estimate of drug-likeness (QED) is 0.906. The lowest BCUT2D eigenvalue weighted by molar-refractivity contribution is 0.0388. The van der Waals surface area contributed by atoms with Crippen molar-refractivity contribution in [1.82, 2.24) is 5.32 Å². The third-order valence-corrected chi connectivity index (χ3v) is 3.76. The van der Waals surface area contributed by atoms with Crippen LogP contribution in [0.5, 0.6) is 0 Å². The molecule has 1 aromatic rings. The molecule has 1 aromatic carbocycles. The highest BCUT2D eigenvalue weighted by atomic mass is 35.5. The summed E-state index contributed by atoms with van der Waals surface area (Å²) in [5.41, 5.74) is 1.76. The van der Waals surface area contributed by atoms with Gasteiger partial charge in [0.15, 0.2) is 0 Å². The van der Waals surface area contributed by atoms with Crippen LogP contribution in [0.25, 0.3) is 0 Å². The van der Waals surface area contributed by atoms with Gasteiger partial charge in [-0.05, 0) is 17.7 Å². The largest absolute Gasteiger partial charge is 0.449 e. The molecule has 5 heteroatoms. The molecule has 1 atom stereocenters. The van der Waals surface area contributed by atoms with Crippen molar-refractivity contribution in [2.24, 2.45) is 5.41 Å². The van der Waals surface area contributed by atoms with E-state index in [0.717, 1.165) is 11.3 Å². The average Bonchev–Trinajstić information content (AvgIpc) is 2.32. The predicted octanol–water partition coefficient (Wildman–Crippen LogP) is 3.21. The van der Waals surface area contributed by atoms with Crippen LogP contribution in [0.3, 0.4) is 0 Å². The summed E-state index contributed by atoms with van der Waals surface area (Å²) in [4.78, 5) is 13.4. The van der Waals surface area contributed by atoms with E-state index in [0.29, 0.717) is 11.6 Å². The molecule has 0 bridgehead atoms. The molecule has 1 N–H and O–H groups in total. The molecule has 0 saturated carbocycles. The van der Waals surface area contributed by atoms with Gasteiger partial charge in [-0.1, -0.05) is 31.5 Å². The lowest BCUT2D eigenvalue weighted by Gasteiger charge is -2.39. The van der Waals surface area contributed by atoms with E-state index in [4.69, 9.17) is 16.3 Å². The van der Waals surface area contributed by atoms with Crippen molar-refractivity contribution >= 4 is 23.4 Å². The second-order valence-electron chi connectivity index (χ2n) is 5.74. The summed E-state index contributed by atoms with van der Waals surface area (Å²) in [5.74, 6) is 0. The van der Waals surface area contributed by atoms with E-state index in [1.165, 1.54) is 0 Å². The van der Waals surface area contributed by atoms with Gasteiger partial charge < -0.3 is 15.0 Å². The number of rotatable bonds is 2. The van der Waals surface area contributed by atoms with Crippen molar-refractivity contribution in [3.63, 3.8) is 0 Å². The normalized spacial score (nSPS) is 21.5. The van der Waals surface area contributed by atoms with Crippen molar-refractivity contribution in [3.8, 4) is 0 Å². The van der Waals surface area contributed by atoms with Crippen LogP contribution in [0.2, 0.25) is 5.02 Å². The average molecular weight is 283 g/mol. The van der Waals surface area contributed by atoms with Gasteiger partial charge in [-0.3, -0.25) is 0 Å². The number of ether oxygens (including phenoxy) is 1. The standard InChI is InChI=1S/C14H19ClN2O2/c1-14(2)8-19-13(18)16-12(14)10-6-5-9(17(3)4)7-11(10)15/h5-7,12H,8H2,1-4H3,(H,16,18)/t12-/m1/s1. The monoisotopic (exact) mass is 282 g/mol. The Labute approximate surface area is 118 Å². The maximum atomic E-state index is 11.4. The Morgan fingerprint density at radius 1 is 1.42 bits per heavy atom. The van der Waals surface area contributed by atoms with E-state index >= 15 is 0 Å². The van der Waals surface area contributed by atoms with Gasteiger partial charge in [-0.2, -0.15) is 0 Å². The van der Waals surface area contributed by atoms with Gasteiger partial charge >= 0.3 is 6.09 Å². The van der Waals surface area contributed by atoms with Gasteiger partial charge in [0.1, 0.15) is 6.61 Å². The van der Waals surface area contributed by atoms with Gasteiger partial charge in [-0.15, -0.1) is 0 Å². The summed E-state index contributed by atoms with van der Waals surface area (Å²) in [6.45, 7) is 4.48. The smallest absolute Gasteiger partial charge is 0.407 e. The fraction of sp³-hybridized carbons (Fsp3) is 0.500. The van der Waals surface area contributed by atoms with Crippen LogP contribution in [0.4, 0.5) is 10.5 Å². The number of halogens is 1. The zero-order valence-electron chi connectivity index (χ0n) is 11.7. The Morgan fingerprint density at radius 2 is 2.11 bits per heavy atom. The van der Waals surface area contributed by atoms with Crippen molar-refractivity contribution in [1.29, 1.82) is 0 Å². The van der Waals surface area contributed by atoms with Crippen molar-refractivity contribution in [3.05, 3.63) is 28.8 Å². The number of benzene rings is 1. The van der Waals surface area contributed by atoms with Crippen LogP contribution in [-0.2, 0) is 4.74 Å². The second-order valence-corrected chi connectivity index (χ2v) is 6.15. The minimum absolute atomic E-state index is 0.141. The van der Waals surface area contributed by atoms with Gasteiger partial charge in [0, 0.05) is 30.2 Å². The number of anilines is 1. The van der Waals surface area contributed by atoms with Crippen LogP contribution >= 0.6 is 11.6 Å². The number of carbonyl (C=O) groups excluding carboxylic acids is 1. The van der Waals surface area contributed by atoms with E-state index in [1.807, 2.05) is 51.0 Å². The second kappa shape index (κ2) is 4.93. The maximum Gasteiger partial charge on any atom is 0.407 e. The first kappa shape index (κ1) is 14.0. The minimum atomic E-state index is -0.392. The predicted molar refractivity (Wildman–Crippen MR) is 76.8 cm³/mol. The Balaban J connectivity index is 2.37. The molecule has 1 fully saturated rings. The molecule has 4 nitrogen and oxygen atoms in total. The van der Waals surface area contributed by atoms with E-state index < -0.39 is 6.09 Å². The molecule has 104 valence electrons. The molecule has 0 unspecified atom stereocenters. The number of nitrogens with one attached hydrogen (secondary N) is 1. The fourth-order valence-electron chi connectivity index (χ4n) is 2.22. The summed E-state index contributed by atoms with van der Waals surface area (Å²) < 4.78 is 5.05. The van der Waals surface area contributed by atoms with E-state index in [2.05, 4.69) is 5.32 Å². The molecular formula is C14H19ClN2O2. The molecule has 19 heavy (non-hydrogen) atoms. The summed E-state index contributed by atoms with van der Waals surface area (Å²) in [7, 11) is 3.93. The topological polar surface area (TPSA) is 41.6 Å². The molecule has 0 spiro atoms. The Morgan fingerprint density at radius 3 is 2.68 bits per heavy atom. The number of hydrogen-bond acceptors (Lipinski definition) is 3. The third-order valence-electron chi connectivity index (χ3n) is 3.43. The number of carbonyl (C=O) groups is 1. The Kier molecular flexibility index (Phi) is 3.63. The van der Waals surface area contributed by atoms with Crippen molar-refractivity contribution in [2.75, 3.05) is 25.6 Å². The van der Waals surface area contributed by atoms with Crippen molar-refractivity contribution < 1.29 is 9.53 Å². The van der Waals surface area contributed by atoms with Crippen molar-refractivity contribution in [2.45, 2.75) is 19.9 Å². The molecule has 1 amide bonds. The third kappa shape index (κ3) is 2.78. The summed E-state index contributed by atoms with van der Waals surface area (Å²) in [6.07, 6.45) is -0.392. The SMILES string of the molecule is CN(C)c1ccc([C@H]2NC(=O)OCC2(C)C)c(Cl)c1. The number of amides is 1. The first-order valence-electron chi connectivity index (χ1n) is 6.21. The molecule has 1 aliphatic heterocycles. The number of alkyl carbamates (subject to hydrolysis) is 1. The lowest BCUT2D eigenvalue weighted by Crippen LogP contribution is -2.47. The lowest BCUT2D eigenvalue weighted by atomic mass is 9.80. The number of cyclic esters (lactones) is 1. The number of hydrogen-bond donors (Lipinski definition) is 1. The van der Waals surface area contributed by atoms with Gasteiger partial charge in [0.05, 0.1) is 6.04 Å². The summed E-state index contributed by atoms with van der Waals surface area (Å²) in [5, 5.41) is 3.51. The summed E-state index contributed by atoms with van der Waals surface area (Å²) >= 11 is 6.36. The van der Waals surface area contributed by atoms with E-state index in [-0.39, 0.29) is 11.5 Å². The van der Waals surface area contributed by atoms with Crippen LogP contribution < -0.4 is 10.2 Å². The molecule has 0 radical (unpaired) electrons. The molecule has 1 heterocycles. The first-order valence-corrected chi connectivity index (χ1v) is 6.59. The minimum Gasteiger partial charge on any atom is -0.449 e. The van der Waals surface area contributed by atoms with Gasteiger partial charge in [0.2, 0.25) is 0 Å². The van der Waals surface area contributed by atoms with Gasteiger partial charge in [-0.25, -0.2) is 4.79 Å². The molecular weight excluding hydrogens is 264 g/mol. The van der Waals surface area contributed by atoms with E-state index in [1.54, 1.807) is 0 Å². The Hall–Kier alpha value is -1.42. The zero-order chi connectivity index (χ0) is 14.2. The molecule has 1 aliphatic rings. The van der Waals surface area contributed by atoms with Crippen LogP contribution in [0, 0.1) is 5.41 Å². The molecule has 0 aliphatic carbocycles. The molecule has 1 saturated heterocycles. The van der Waals surface area contributed by atoms with Crippen LogP contribution in [-0.4, -0.2) is 26.8 Å². The number of nitrogens with zero attached hydrogens (tertiary/aromatic N) is 1. The summed E-state index contributed by atoms with van der Waals surface area (Å²) in [6, 6.07) is 5.74. The Bertz CT molecular complexity index is 500. The first-order chi connectivity index (χ1) is 8.81. The zero-order valence-corrected chi connectivity index (χ0v) is 12.4.